The fourth-order valence-corrected chi connectivity index (χ4v) is 3.60. The van der Waals surface area contributed by atoms with Gasteiger partial charge in [-0.05, 0) is 24.2 Å². The highest BCUT2D eigenvalue weighted by Crippen LogP contribution is 2.49. The second kappa shape index (κ2) is 10.7. The van der Waals surface area contributed by atoms with Crippen molar-refractivity contribution < 1.29 is 32.5 Å². The van der Waals surface area contributed by atoms with Gasteiger partial charge in [-0.3, -0.25) is 13.8 Å². The Morgan fingerprint density at radius 3 is 1.83 bits per heavy atom. The number of hydrogen-bond acceptors (Lipinski definition) is 5. The van der Waals surface area contributed by atoms with Crippen LogP contribution >= 0.6 is 7.82 Å². The lowest BCUT2D eigenvalue weighted by molar-refractivity contribution is -0.870. The highest BCUT2D eigenvalue weighted by Gasteiger charge is 2.48. The predicted molar refractivity (Wildman–Crippen MR) is 116 cm³/mol. The van der Waals surface area contributed by atoms with Gasteiger partial charge in [-0.25, -0.2) is 4.57 Å². The quantitative estimate of drug-likeness (QED) is 0.195. The van der Waals surface area contributed by atoms with Gasteiger partial charge >= 0.3 is 13.8 Å². The molecule has 174 valence electrons. The number of likely N-dealkylation sites (N-methyl/N-ethyl adjacent to an activating group) is 1. The molecule has 0 aromatic carbocycles. The van der Waals surface area contributed by atoms with E-state index in [0.29, 0.717) is 17.4 Å². The van der Waals surface area contributed by atoms with Gasteiger partial charge in [-0.15, -0.1) is 0 Å². The summed E-state index contributed by atoms with van der Waals surface area (Å²) in [6, 6.07) is 0. The van der Waals surface area contributed by atoms with Crippen LogP contribution < -0.4 is 0 Å². The summed E-state index contributed by atoms with van der Waals surface area (Å²) < 4.78 is 27.9. The van der Waals surface area contributed by atoms with Crippen LogP contribution in [0.5, 0.6) is 0 Å². The molecule has 8 heteroatoms. The van der Waals surface area contributed by atoms with Crippen molar-refractivity contribution in [1.29, 1.82) is 0 Å². The Balaban J connectivity index is 4.80. The summed E-state index contributed by atoms with van der Waals surface area (Å²) >= 11 is 0. The number of carbonyl (C=O) groups excluding carboxylic acids is 1. The number of phosphoric acid groups is 1. The number of rotatable bonds is 13. The highest BCUT2D eigenvalue weighted by atomic mass is 31.2. The largest absolute Gasteiger partial charge is 0.472 e. The van der Waals surface area contributed by atoms with E-state index in [9.17, 15) is 14.3 Å². The molecule has 0 radical (unpaired) electrons. The van der Waals surface area contributed by atoms with Crippen molar-refractivity contribution in [2.45, 2.75) is 67.7 Å². The molecule has 0 fully saturated rings. The van der Waals surface area contributed by atoms with Crippen LogP contribution in [0.2, 0.25) is 0 Å². The van der Waals surface area contributed by atoms with Crippen molar-refractivity contribution in [3.8, 4) is 0 Å². The van der Waals surface area contributed by atoms with E-state index in [1.54, 1.807) is 0 Å². The molecule has 0 heterocycles. The SMILES string of the molecule is CCC(C)(CC)CC(C)(C(=O)OCCOP(=O)(O)OCC[N+](C)(C)C)C(C)(C)C. The van der Waals surface area contributed by atoms with Crippen LogP contribution in [0.4, 0.5) is 0 Å². The minimum atomic E-state index is -4.16. The molecule has 0 aromatic heterocycles. The van der Waals surface area contributed by atoms with Crippen LogP contribution in [-0.2, 0) is 23.1 Å². The third-order valence-corrected chi connectivity index (χ3v) is 7.20. The van der Waals surface area contributed by atoms with Crippen LogP contribution in [0.15, 0.2) is 0 Å². The fourth-order valence-electron chi connectivity index (χ4n) is 2.91. The fraction of sp³-hybridized carbons (Fsp3) is 0.952. The van der Waals surface area contributed by atoms with Gasteiger partial charge in [0.2, 0.25) is 0 Å². The Morgan fingerprint density at radius 2 is 1.41 bits per heavy atom. The van der Waals surface area contributed by atoms with Gasteiger partial charge in [-0.1, -0.05) is 54.4 Å². The lowest BCUT2D eigenvalue weighted by atomic mass is 9.59. The maximum Gasteiger partial charge on any atom is 0.472 e. The molecule has 0 aromatic rings. The summed E-state index contributed by atoms with van der Waals surface area (Å²) in [7, 11) is 1.72. The molecule has 0 saturated heterocycles. The van der Waals surface area contributed by atoms with E-state index >= 15 is 0 Å². The summed E-state index contributed by atoms with van der Waals surface area (Å²) in [5.41, 5.74) is -0.938. The summed E-state index contributed by atoms with van der Waals surface area (Å²) in [5, 5.41) is 0. The molecule has 0 spiro atoms. The first-order valence-electron chi connectivity index (χ1n) is 10.5. The first kappa shape index (κ1) is 28.5. The molecule has 0 bridgehead atoms. The number of hydrogen-bond donors (Lipinski definition) is 1. The molecule has 29 heavy (non-hydrogen) atoms. The zero-order chi connectivity index (χ0) is 23.1. The van der Waals surface area contributed by atoms with Crippen molar-refractivity contribution in [2.24, 2.45) is 16.2 Å². The van der Waals surface area contributed by atoms with E-state index in [4.69, 9.17) is 13.8 Å². The number of quaternary nitrogens is 1. The maximum absolute atomic E-state index is 13.0. The van der Waals surface area contributed by atoms with E-state index in [0.717, 1.165) is 12.8 Å². The van der Waals surface area contributed by atoms with Crippen molar-refractivity contribution in [1.82, 2.24) is 0 Å². The van der Waals surface area contributed by atoms with Crippen molar-refractivity contribution >= 4 is 13.8 Å². The average molecular weight is 439 g/mol. The Labute approximate surface area is 178 Å². The maximum atomic E-state index is 13.0. The summed E-state index contributed by atoms with van der Waals surface area (Å²) in [5.74, 6) is -0.305. The lowest BCUT2D eigenvalue weighted by Gasteiger charge is -2.45. The van der Waals surface area contributed by atoms with Crippen molar-refractivity contribution in [2.75, 3.05) is 47.5 Å². The van der Waals surface area contributed by atoms with Crippen LogP contribution in [0.25, 0.3) is 0 Å². The van der Waals surface area contributed by atoms with E-state index in [1.165, 1.54) is 0 Å². The summed E-state index contributed by atoms with van der Waals surface area (Å²) in [6.07, 6.45) is 2.66. The zero-order valence-electron chi connectivity index (χ0n) is 20.3. The molecule has 2 unspecified atom stereocenters. The van der Waals surface area contributed by atoms with Crippen LogP contribution in [0.1, 0.15) is 67.7 Å². The van der Waals surface area contributed by atoms with Gasteiger partial charge in [0.1, 0.15) is 19.8 Å². The molecular formula is C21H45NO6P+. The van der Waals surface area contributed by atoms with Gasteiger partial charge in [0, 0.05) is 0 Å². The second-order valence-corrected chi connectivity index (χ2v) is 12.0. The summed E-state index contributed by atoms with van der Waals surface area (Å²) in [6.45, 7) is 14.9. The molecule has 2 atom stereocenters. The standard InChI is InChI=1S/C21H44NO6P/c1-11-20(6,12-2)17-21(7,19(3,4)5)18(23)26-15-16-28-29(24,25)27-14-13-22(8,9)10/h11-17H2,1-10H3/p+1. The number of nitrogens with zero attached hydrogens (tertiary/aromatic N) is 1. The minimum Gasteiger partial charge on any atom is -0.463 e. The smallest absolute Gasteiger partial charge is 0.463 e. The molecule has 7 nitrogen and oxygen atoms in total. The topological polar surface area (TPSA) is 82.1 Å². The Bertz CT molecular complexity index is 562. The van der Waals surface area contributed by atoms with Gasteiger partial charge in [-0.2, -0.15) is 0 Å². The molecule has 0 aliphatic carbocycles. The number of ether oxygens (including phenoxy) is 1. The molecule has 1 N–H and O–H groups in total. The zero-order valence-corrected chi connectivity index (χ0v) is 21.2. The minimum absolute atomic E-state index is 0.0394. The molecule has 0 aliphatic rings. The predicted octanol–water partition coefficient (Wildman–Crippen LogP) is 4.64. The van der Waals surface area contributed by atoms with Crippen molar-refractivity contribution in [3.05, 3.63) is 0 Å². The average Bonchev–Trinajstić information content (AvgIpc) is 2.55. The van der Waals surface area contributed by atoms with Crippen LogP contribution in [-0.4, -0.2) is 62.9 Å². The Hall–Kier alpha value is -0.460. The highest BCUT2D eigenvalue weighted by molar-refractivity contribution is 7.47. The van der Waals surface area contributed by atoms with E-state index < -0.39 is 13.2 Å². The first-order valence-corrected chi connectivity index (χ1v) is 12.0. The number of phosphoric ester groups is 1. The molecule has 0 rings (SSSR count). The van der Waals surface area contributed by atoms with Crippen LogP contribution in [0, 0.1) is 16.2 Å². The van der Waals surface area contributed by atoms with E-state index in [1.807, 2.05) is 48.8 Å². The first-order chi connectivity index (χ1) is 12.9. The Morgan fingerprint density at radius 1 is 0.931 bits per heavy atom. The van der Waals surface area contributed by atoms with Gasteiger partial charge in [0.25, 0.3) is 0 Å². The van der Waals surface area contributed by atoms with Gasteiger partial charge in [0.05, 0.1) is 33.2 Å². The van der Waals surface area contributed by atoms with Crippen molar-refractivity contribution in [3.63, 3.8) is 0 Å². The molecular weight excluding hydrogens is 393 g/mol. The van der Waals surface area contributed by atoms with Crippen LogP contribution in [0.3, 0.4) is 0 Å². The monoisotopic (exact) mass is 438 g/mol. The Kier molecular flexibility index (Phi) is 10.5. The second-order valence-electron chi connectivity index (χ2n) is 10.6. The molecule has 0 amide bonds. The summed E-state index contributed by atoms with van der Waals surface area (Å²) in [4.78, 5) is 22.7. The third-order valence-electron chi connectivity index (χ3n) is 6.18. The van der Waals surface area contributed by atoms with Gasteiger partial charge < -0.3 is 14.1 Å². The molecule has 0 aliphatic heterocycles. The normalized spacial score (nSPS) is 17.5. The van der Waals surface area contributed by atoms with E-state index in [-0.39, 0.29) is 36.6 Å². The molecule has 0 saturated carbocycles. The third kappa shape index (κ3) is 9.93. The lowest BCUT2D eigenvalue weighted by Crippen LogP contribution is -2.45. The van der Waals surface area contributed by atoms with E-state index in [2.05, 4.69) is 20.8 Å². The number of carbonyl (C=O) groups is 1. The van der Waals surface area contributed by atoms with Gasteiger partial charge in [0.15, 0.2) is 0 Å². The number of esters is 1.